The molecule has 0 spiro atoms. The highest BCUT2D eigenvalue weighted by Crippen LogP contribution is 2.34. The molecule has 2 fully saturated rings. The molecule has 0 saturated heterocycles. The summed E-state index contributed by atoms with van der Waals surface area (Å²) in [6.07, 6.45) is 4.23. The number of aromatic nitrogens is 1. The van der Waals surface area contributed by atoms with Crippen molar-refractivity contribution in [2.24, 2.45) is 0 Å². The van der Waals surface area contributed by atoms with Gasteiger partial charge in [-0.15, -0.1) is 11.8 Å². The predicted octanol–water partition coefficient (Wildman–Crippen LogP) is 1.76. The van der Waals surface area contributed by atoms with Gasteiger partial charge in [0.2, 0.25) is 11.8 Å². The van der Waals surface area contributed by atoms with Crippen LogP contribution in [0.25, 0.3) is 0 Å². The number of carbonyl (C=O) groups is 2. The van der Waals surface area contributed by atoms with Gasteiger partial charge in [0.15, 0.2) is 0 Å². The number of amides is 2. The maximum absolute atomic E-state index is 11.7. The molecule has 0 bridgehead atoms. The third kappa shape index (κ3) is 5.12. The first-order chi connectivity index (χ1) is 11.2. The zero-order chi connectivity index (χ0) is 16.2. The van der Waals surface area contributed by atoms with E-state index in [2.05, 4.69) is 21.1 Å². The van der Waals surface area contributed by atoms with Crippen LogP contribution in [0.1, 0.15) is 31.2 Å². The van der Waals surface area contributed by atoms with Crippen molar-refractivity contribution in [3.8, 4) is 6.07 Å². The average Bonchev–Trinajstić information content (AvgIpc) is 3.44. The molecule has 122 valence electrons. The Bertz CT molecular complexity index is 599. The SMILES string of the molecule is N#Cc1c(SCC(=O)NC2CC2)nsc1SCC(=O)NC1CC1. The zero-order valence-electron chi connectivity index (χ0n) is 12.3. The molecule has 2 amide bonds. The van der Waals surface area contributed by atoms with Crippen molar-refractivity contribution < 1.29 is 9.59 Å². The molecule has 0 radical (unpaired) electrons. The van der Waals surface area contributed by atoms with Crippen molar-refractivity contribution in [3.05, 3.63) is 5.56 Å². The zero-order valence-corrected chi connectivity index (χ0v) is 14.8. The molecule has 1 aromatic heterocycles. The lowest BCUT2D eigenvalue weighted by Gasteiger charge is -2.02. The first kappa shape index (κ1) is 16.6. The fourth-order valence-electron chi connectivity index (χ4n) is 1.81. The highest BCUT2D eigenvalue weighted by molar-refractivity contribution is 8.02. The van der Waals surface area contributed by atoms with E-state index in [1.54, 1.807) is 0 Å². The van der Waals surface area contributed by atoms with E-state index in [-0.39, 0.29) is 17.6 Å². The van der Waals surface area contributed by atoms with Gasteiger partial charge < -0.3 is 10.6 Å². The van der Waals surface area contributed by atoms with Crippen LogP contribution in [0.2, 0.25) is 0 Å². The highest BCUT2D eigenvalue weighted by Gasteiger charge is 2.25. The van der Waals surface area contributed by atoms with Gasteiger partial charge in [-0.05, 0) is 37.2 Å². The van der Waals surface area contributed by atoms with Crippen LogP contribution in [0.3, 0.4) is 0 Å². The number of hydrogen-bond donors (Lipinski definition) is 2. The first-order valence-electron chi connectivity index (χ1n) is 7.40. The monoisotopic (exact) mass is 368 g/mol. The summed E-state index contributed by atoms with van der Waals surface area (Å²) in [7, 11) is 0. The molecule has 2 N–H and O–H groups in total. The molecule has 9 heteroatoms. The van der Waals surface area contributed by atoms with Gasteiger partial charge in [0.1, 0.15) is 20.9 Å². The number of nitriles is 1. The molecule has 2 aliphatic rings. The number of carbonyl (C=O) groups excluding carboxylic acids is 2. The van der Waals surface area contributed by atoms with Gasteiger partial charge in [-0.25, -0.2) is 0 Å². The first-order valence-corrected chi connectivity index (χ1v) is 10.1. The van der Waals surface area contributed by atoms with Crippen molar-refractivity contribution in [1.29, 1.82) is 5.26 Å². The van der Waals surface area contributed by atoms with Gasteiger partial charge in [0.25, 0.3) is 0 Å². The van der Waals surface area contributed by atoms with Crippen molar-refractivity contribution in [2.75, 3.05) is 11.5 Å². The third-order valence-electron chi connectivity index (χ3n) is 3.30. The highest BCUT2D eigenvalue weighted by atomic mass is 32.2. The van der Waals surface area contributed by atoms with Crippen LogP contribution >= 0.6 is 35.1 Å². The standard InChI is InChI=1S/C14H16N4O2S3/c15-5-10-13(21-6-11(19)16-8-1-2-8)18-23-14(10)22-7-12(20)17-9-3-4-9/h8-9H,1-4,6-7H2,(H,16,19)(H,17,20). The van der Waals surface area contributed by atoms with Gasteiger partial charge >= 0.3 is 0 Å². The summed E-state index contributed by atoms with van der Waals surface area (Å²) in [5.41, 5.74) is 0.475. The summed E-state index contributed by atoms with van der Waals surface area (Å²) < 4.78 is 4.99. The maximum Gasteiger partial charge on any atom is 0.230 e. The molecule has 3 rings (SSSR count). The summed E-state index contributed by atoms with van der Waals surface area (Å²) >= 11 is 3.82. The van der Waals surface area contributed by atoms with E-state index >= 15 is 0 Å². The second kappa shape index (κ2) is 7.55. The van der Waals surface area contributed by atoms with E-state index in [4.69, 9.17) is 0 Å². The van der Waals surface area contributed by atoms with Crippen molar-refractivity contribution in [1.82, 2.24) is 15.0 Å². The molecule has 6 nitrogen and oxygen atoms in total. The topological polar surface area (TPSA) is 94.9 Å². The lowest BCUT2D eigenvalue weighted by molar-refractivity contribution is -0.119. The molecule has 2 aliphatic carbocycles. The van der Waals surface area contributed by atoms with Crippen LogP contribution in [0, 0.1) is 11.3 Å². The minimum atomic E-state index is -0.0209. The average molecular weight is 369 g/mol. The van der Waals surface area contributed by atoms with Crippen LogP contribution in [0.4, 0.5) is 0 Å². The molecule has 23 heavy (non-hydrogen) atoms. The Hall–Kier alpha value is -1.24. The second-order valence-corrected chi connectivity index (χ2v) is 8.50. The van der Waals surface area contributed by atoms with Crippen molar-refractivity contribution >= 4 is 46.9 Å². The molecule has 1 aromatic rings. The van der Waals surface area contributed by atoms with Crippen LogP contribution < -0.4 is 10.6 Å². The van der Waals surface area contributed by atoms with E-state index in [9.17, 15) is 14.9 Å². The smallest absolute Gasteiger partial charge is 0.230 e. The van der Waals surface area contributed by atoms with Crippen LogP contribution in [-0.4, -0.2) is 39.8 Å². The molecule has 1 heterocycles. The van der Waals surface area contributed by atoms with E-state index in [0.717, 1.165) is 29.9 Å². The van der Waals surface area contributed by atoms with E-state index in [1.165, 1.54) is 35.1 Å². The molecule has 0 atom stereocenters. The Balaban J connectivity index is 1.50. The number of nitrogens with zero attached hydrogens (tertiary/aromatic N) is 2. The molecular formula is C14H16N4O2S3. The van der Waals surface area contributed by atoms with Gasteiger partial charge in [0, 0.05) is 12.1 Å². The van der Waals surface area contributed by atoms with Crippen LogP contribution in [0.15, 0.2) is 9.24 Å². The summed E-state index contributed by atoms with van der Waals surface area (Å²) in [5.74, 6) is 0.529. The van der Waals surface area contributed by atoms with Crippen molar-refractivity contribution in [3.63, 3.8) is 0 Å². The summed E-state index contributed by atoms with van der Waals surface area (Å²) in [6.45, 7) is 0. The largest absolute Gasteiger partial charge is 0.353 e. The Morgan fingerprint density at radius 2 is 1.70 bits per heavy atom. The number of rotatable bonds is 8. The van der Waals surface area contributed by atoms with E-state index in [1.807, 2.05) is 0 Å². The molecule has 2 saturated carbocycles. The molecule has 0 aliphatic heterocycles. The summed E-state index contributed by atoms with van der Waals surface area (Å²) in [6, 6.07) is 2.82. The minimum absolute atomic E-state index is 0.00666. The lowest BCUT2D eigenvalue weighted by Crippen LogP contribution is -2.27. The fraction of sp³-hybridized carbons (Fsp3) is 0.571. The Kier molecular flexibility index (Phi) is 5.46. The number of hydrogen-bond acceptors (Lipinski definition) is 7. The summed E-state index contributed by atoms with van der Waals surface area (Å²) in [5, 5.41) is 15.7. The lowest BCUT2D eigenvalue weighted by atomic mass is 10.4. The van der Waals surface area contributed by atoms with Crippen LogP contribution in [-0.2, 0) is 9.59 Å². The van der Waals surface area contributed by atoms with Gasteiger partial charge in [-0.2, -0.15) is 9.64 Å². The number of thioether (sulfide) groups is 2. The van der Waals surface area contributed by atoms with E-state index < -0.39 is 0 Å². The van der Waals surface area contributed by atoms with Crippen molar-refractivity contribution in [2.45, 2.75) is 47.0 Å². The Morgan fingerprint density at radius 1 is 1.13 bits per heavy atom. The molecule has 0 unspecified atom stereocenters. The predicted molar refractivity (Wildman–Crippen MR) is 90.6 cm³/mol. The van der Waals surface area contributed by atoms with Crippen LogP contribution in [0.5, 0.6) is 0 Å². The summed E-state index contributed by atoms with van der Waals surface area (Å²) in [4.78, 5) is 23.4. The second-order valence-electron chi connectivity index (χ2n) is 5.52. The van der Waals surface area contributed by atoms with Gasteiger partial charge in [-0.1, -0.05) is 11.8 Å². The third-order valence-corrected chi connectivity index (χ3v) is 6.49. The van der Waals surface area contributed by atoms with E-state index in [0.29, 0.717) is 28.4 Å². The maximum atomic E-state index is 11.7. The molecule has 0 aromatic carbocycles. The Labute approximate surface area is 146 Å². The molecular weight excluding hydrogens is 352 g/mol. The number of nitrogens with one attached hydrogen (secondary N) is 2. The quantitative estimate of drug-likeness (QED) is 0.679. The Morgan fingerprint density at radius 3 is 2.22 bits per heavy atom. The fourth-order valence-corrected chi connectivity index (χ4v) is 4.53. The minimum Gasteiger partial charge on any atom is -0.353 e. The normalized spacial score (nSPS) is 16.7. The van der Waals surface area contributed by atoms with Gasteiger partial charge in [-0.3, -0.25) is 9.59 Å². The van der Waals surface area contributed by atoms with Gasteiger partial charge in [0.05, 0.1) is 11.5 Å².